The fourth-order valence-electron chi connectivity index (χ4n) is 2.41. The summed E-state index contributed by atoms with van der Waals surface area (Å²) < 4.78 is 0. The largest absolute Gasteiger partial charge is 0.288 e. The lowest BCUT2D eigenvalue weighted by Gasteiger charge is -2.13. The summed E-state index contributed by atoms with van der Waals surface area (Å²) >= 11 is 36.8. The van der Waals surface area contributed by atoms with E-state index in [0.29, 0.717) is 22.4 Å². The number of aromatic nitrogens is 1. The van der Waals surface area contributed by atoms with Crippen LogP contribution in [0.4, 0.5) is 5.69 Å². The summed E-state index contributed by atoms with van der Waals surface area (Å²) in [4.78, 5) is 14.9. The molecule has 3 aromatic rings. The second-order valence-corrected chi connectivity index (χ2v) is 7.78. The number of benzene rings is 2. The minimum absolute atomic E-state index is 0.230. The fraction of sp³-hybridized carbons (Fsp3) is 0. The maximum Gasteiger partial charge on any atom is 0.288 e. The number of nitrogens with zero attached hydrogens (tertiary/aromatic N) is 2. The van der Waals surface area contributed by atoms with Gasteiger partial charge in [-0.25, -0.2) is 4.98 Å². The monoisotopic (exact) mass is 480 g/mol. The Morgan fingerprint density at radius 1 is 0.667 bits per heavy atom. The molecule has 138 valence electrons. The Morgan fingerprint density at radius 2 is 1.15 bits per heavy atom. The van der Waals surface area contributed by atoms with Gasteiger partial charge in [0.1, 0.15) is 6.20 Å². The first kappa shape index (κ1) is 20.5. The van der Waals surface area contributed by atoms with E-state index in [9.17, 15) is 10.1 Å². The highest BCUT2D eigenvalue weighted by Crippen LogP contribution is 2.43. The molecule has 0 radical (unpaired) electrons. The Bertz CT molecular complexity index is 1090. The molecule has 0 spiro atoms. The molecule has 3 rings (SSSR count). The lowest BCUT2D eigenvalue weighted by Crippen LogP contribution is -1.96. The van der Waals surface area contributed by atoms with Gasteiger partial charge in [0.05, 0.1) is 40.8 Å². The minimum atomic E-state index is -0.567. The molecule has 0 aliphatic carbocycles. The van der Waals surface area contributed by atoms with Gasteiger partial charge >= 0.3 is 0 Å². The van der Waals surface area contributed by atoms with Crippen molar-refractivity contribution in [2.75, 3.05) is 0 Å². The third-order valence-electron chi connectivity index (χ3n) is 3.65. The Labute approximate surface area is 183 Å². The number of rotatable bonds is 3. The quantitative estimate of drug-likeness (QED) is 0.214. The van der Waals surface area contributed by atoms with Crippen molar-refractivity contribution in [3.63, 3.8) is 0 Å². The molecular formula is C17H6Cl6N2O2. The first-order chi connectivity index (χ1) is 12.7. The number of nitro groups is 1. The predicted molar refractivity (Wildman–Crippen MR) is 112 cm³/mol. The van der Waals surface area contributed by atoms with Crippen LogP contribution in [0.15, 0.2) is 36.5 Å². The third-order valence-corrected chi connectivity index (χ3v) is 5.72. The standard InChI is InChI=1S/C17H6Cl6N2O2/c18-11-4-15(22)13(20)2-8(11)9-1-7(25(26)27)6-24-17(9)10-3-14(21)16(23)5-12(10)19/h1-6H. The maximum absolute atomic E-state index is 11.2. The van der Waals surface area contributed by atoms with Gasteiger partial charge < -0.3 is 0 Å². The van der Waals surface area contributed by atoms with Crippen LogP contribution in [0.5, 0.6) is 0 Å². The van der Waals surface area contributed by atoms with Gasteiger partial charge in [-0.05, 0) is 24.3 Å². The maximum atomic E-state index is 11.2. The zero-order valence-corrected chi connectivity index (χ0v) is 17.5. The van der Waals surface area contributed by atoms with Crippen molar-refractivity contribution in [1.82, 2.24) is 4.98 Å². The highest BCUT2D eigenvalue weighted by molar-refractivity contribution is 6.45. The van der Waals surface area contributed by atoms with Crippen LogP contribution in [0, 0.1) is 10.1 Å². The highest BCUT2D eigenvalue weighted by Gasteiger charge is 2.21. The lowest BCUT2D eigenvalue weighted by atomic mass is 9.98. The van der Waals surface area contributed by atoms with E-state index < -0.39 is 4.92 Å². The van der Waals surface area contributed by atoms with Crippen molar-refractivity contribution in [1.29, 1.82) is 0 Å². The van der Waals surface area contributed by atoms with E-state index in [1.165, 1.54) is 30.3 Å². The van der Waals surface area contributed by atoms with Crippen molar-refractivity contribution in [3.05, 3.63) is 76.8 Å². The van der Waals surface area contributed by atoms with Crippen molar-refractivity contribution < 1.29 is 4.92 Å². The van der Waals surface area contributed by atoms with Crippen LogP contribution in [-0.2, 0) is 0 Å². The van der Waals surface area contributed by atoms with Crippen LogP contribution in [0.1, 0.15) is 0 Å². The summed E-state index contributed by atoms with van der Waals surface area (Å²) in [5, 5.41) is 12.7. The Kier molecular flexibility index (Phi) is 6.06. The zero-order chi connectivity index (χ0) is 19.9. The van der Waals surface area contributed by atoms with E-state index in [1.807, 2.05) is 0 Å². The fourth-order valence-corrected chi connectivity index (χ4v) is 3.69. The van der Waals surface area contributed by atoms with Gasteiger partial charge in [0, 0.05) is 22.8 Å². The SMILES string of the molecule is O=[N+]([O-])c1cnc(-c2cc(Cl)c(Cl)cc2Cl)c(-c2cc(Cl)c(Cl)cc2Cl)c1. The Hall–Kier alpha value is -1.27. The van der Waals surface area contributed by atoms with E-state index in [-0.39, 0.29) is 35.8 Å². The van der Waals surface area contributed by atoms with Crippen molar-refractivity contribution in [2.45, 2.75) is 0 Å². The van der Waals surface area contributed by atoms with E-state index >= 15 is 0 Å². The van der Waals surface area contributed by atoms with Crippen LogP contribution >= 0.6 is 69.6 Å². The average Bonchev–Trinajstić information content (AvgIpc) is 2.61. The van der Waals surface area contributed by atoms with Gasteiger partial charge in [-0.1, -0.05) is 69.6 Å². The molecule has 1 heterocycles. The molecule has 0 N–H and O–H groups in total. The van der Waals surface area contributed by atoms with Gasteiger partial charge in [-0.15, -0.1) is 0 Å². The zero-order valence-electron chi connectivity index (χ0n) is 12.9. The first-order valence-corrected chi connectivity index (χ1v) is 9.40. The van der Waals surface area contributed by atoms with Crippen LogP contribution in [0.3, 0.4) is 0 Å². The molecule has 0 bridgehead atoms. The summed E-state index contributed by atoms with van der Waals surface area (Å²) in [5.41, 5.74) is 1.27. The first-order valence-electron chi connectivity index (χ1n) is 7.13. The second-order valence-electron chi connectivity index (χ2n) is 5.34. The normalized spacial score (nSPS) is 10.9. The topological polar surface area (TPSA) is 56.0 Å². The Morgan fingerprint density at radius 3 is 1.70 bits per heavy atom. The minimum Gasteiger partial charge on any atom is -0.258 e. The lowest BCUT2D eigenvalue weighted by molar-refractivity contribution is -0.385. The van der Waals surface area contributed by atoms with Gasteiger partial charge in [0.2, 0.25) is 0 Å². The van der Waals surface area contributed by atoms with E-state index in [4.69, 9.17) is 69.6 Å². The summed E-state index contributed by atoms with van der Waals surface area (Å²) in [5.74, 6) is 0. The predicted octanol–water partition coefficient (Wildman–Crippen LogP) is 8.24. The van der Waals surface area contributed by atoms with E-state index in [0.717, 1.165) is 6.20 Å². The summed E-state index contributed by atoms with van der Waals surface area (Å²) in [6.45, 7) is 0. The number of hydrogen-bond donors (Lipinski definition) is 0. The van der Waals surface area contributed by atoms with Crippen molar-refractivity contribution in [3.8, 4) is 22.4 Å². The number of halogens is 6. The van der Waals surface area contributed by atoms with Gasteiger partial charge in [0.15, 0.2) is 0 Å². The van der Waals surface area contributed by atoms with Crippen LogP contribution < -0.4 is 0 Å². The smallest absolute Gasteiger partial charge is 0.258 e. The van der Waals surface area contributed by atoms with Crippen LogP contribution in [-0.4, -0.2) is 9.91 Å². The molecule has 0 saturated carbocycles. The summed E-state index contributed by atoms with van der Waals surface area (Å²) in [7, 11) is 0. The second kappa shape index (κ2) is 8.00. The molecule has 0 saturated heterocycles. The van der Waals surface area contributed by atoms with Crippen molar-refractivity contribution in [2.24, 2.45) is 0 Å². The molecule has 0 aliphatic heterocycles. The molecular weight excluding hydrogens is 477 g/mol. The third kappa shape index (κ3) is 4.11. The molecule has 4 nitrogen and oxygen atoms in total. The van der Waals surface area contributed by atoms with Gasteiger partial charge in [0.25, 0.3) is 5.69 Å². The molecule has 1 aromatic heterocycles. The summed E-state index contributed by atoms with van der Waals surface area (Å²) in [6, 6.07) is 7.26. The Balaban J connectivity index is 2.36. The molecule has 0 fully saturated rings. The van der Waals surface area contributed by atoms with E-state index in [1.54, 1.807) is 0 Å². The molecule has 27 heavy (non-hydrogen) atoms. The molecule has 0 unspecified atom stereocenters. The highest BCUT2D eigenvalue weighted by atomic mass is 35.5. The molecule has 0 amide bonds. The van der Waals surface area contributed by atoms with Gasteiger partial charge in [-0.2, -0.15) is 0 Å². The molecule has 0 aliphatic rings. The van der Waals surface area contributed by atoms with Crippen molar-refractivity contribution >= 4 is 75.3 Å². The summed E-state index contributed by atoms with van der Waals surface area (Å²) in [6.07, 6.45) is 1.11. The number of pyridine rings is 1. The molecule has 2 aromatic carbocycles. The molecule has 0 atom stereocenters. The van der Waals surface area contributed by atoms with E-state index in [2.05, 4.69) is 4.98 Å². The van der Waals surface area contributed by atoms with Gasteiger partial charge in [-0.3, -0.25) is 10.1 Å². The van der Waals surface area contributed by atoms with Crippen LogP contribution in [0.2, 0.25) is 30.1 Å². The van der Waals surface area contributed by atoms with Crippen LogP contribution in [0.25, 0.3) is 22.4 Å². The molecule has 10 heteroatoms. The number of hydrogen-bond acceptors (Lipinski definition) is 3. The average molecular weight is 483 g/mol.